The molecule has 2 nitrogen and oxygen atoms in total. The van der Waals surface area contributed by atoms with Gasteiger partial charge in [-0.25, -0.2) is 4.98 Å². The first kappa shape index (κ1) is 16.7. The van der Waals surface area contributed by atoms with Gasteiger partial charge < -0.3 is 0 Å². The second-order valence-corrected chi connectivity index (χ2v) is 5.63. The Labute approximate surface area is 124 Å². The number of pyridine rings is 1. The number of hydrogen-bond donors (Lipinski definition) is 0. The highest BCUT2D eigenvalue weighted by Gasteiger charge is 2.11. The Morgan fingerprint density at radius 1 is 1.05 bits per heavy atom. The predicted molar refractivity (Wildman–Crippen MR) is 84.6 cm³/mol. The Morgan fingerprint density at radius 2 is 1.75 bits per heavy atom. The van der Waals surface area contributed by atoms with Gasteiger partial charge in [0.25, 0.3) is 0 Å². The molecule has 2 heteroatoms. The minimum atomic E-state index is 0.551. The molecule has 0 aliphatic carbocycles. The summed E-state index contributed by atoms with van der Waals surface area (Å²) in [6.07, 6.45) is 13.4. The van der Waals surface area contributed by atoms with E-state index in [1.807, 2.05) is 6.07 Å². The predicted octanol–water partition coefficient (Wildman–Crippen LogP) is 5.59. The van der Waals surface area contributed by atoms with Gasteiger partial charge in [-0.05, 0) is 36.5 Å². The first-order valence-corrected chi connectivity index (χ1v) is 8.17. The third-order valence-electron chi connectivity index (χ3n) is 3.93. The van der Waals surface area contributed by atoms with E-state index >= 15 is 0 Å². The topological polar surface area (TPSA) is 36.7 Å². The molecule has 0 saturated heterocycles. The van der Waals surface area contributed by atoms with Crippen molar-refractivity contribution >= 4 is 0 Å². The fraction of sp³-hybridized carbons (Fsp3) is 0.667. The van der Waals surface area contributed by atoms with Gasteiger partial charge in [0.1, 0.15) is 11.8 Å². The smallest absolute Gasteiger partial charge is 0.140 e. The summed E-state index contributed by atoms with van der Waals surface area (Å²) in [4.78, 5) is 4.08. The van der Waals surface area contributed by atoms with Gasteiger partial charge in [-0.1, -0.05) is 58.8 Å². The van der Waals surface area contributed by atoms with Gasteiger partial charge >= 0.3 is 0 Å². The minimum Gasteiger partial charge on any atom is -0.246 e. The van der Waals surface area contributed by atoms with E-state index in [1.54, 1.807) is 6.20 Å². The number of hydrogen-bond acceptors (Lipinski definition) is 2. The quantitative estimate of drug-likeness (QED) is 0.521. The Morgan fingerprint density at radius 3 is 2.45 bits per heavy atom. The molecule has 1 rings (SSSR count). The largest absolute Gasteiger partial charge is 0.246 e. The van der Waals surface area contributed by atoms with Gasteiger partial charge in [0.15, 0.2) is 0 Å². The lowest BCUT2D eigenvalue weighted by Crippen LogP contribution is -2.01. The molecule has 0 saturated carbocycles. The van der Waals surface area contributed by atoms with Crippen LogP contribution in [0.4, 0.5) is 0 Å². The summed E-state index contributed by atoms with van der Waals surface area (Å²) >= 11 is 0. The van der Waals surface area contributed by atoms with Crippen LogP contribution in [0.3, 0.4) is 0 Å². The Hall–Kier alpha value is -1.36. The van der Waals surface area contributed by atoms with Crippen LogP contribution in [-0.2, 0) is 0 Å². The summed E-state index contributed by atoms with van der Waals surface area (Å²) < 4.78 is 0. The van der Waals surface area contributed by atoms with Crippen LogP contribution in [0.5, 0.6) is 0 Å². The van der Waals surface area contributed by atoms with E-state index in [4.69, 9.17) is 5.26 Å². The van der Waals surface area contributed by atoms with Gasteiger partial charge in [-0.2, -0.15) is 5.26 Å². The number of nitrogens with zero attached hydrogens (tertiary/aromatic N) is 2. The van der Waals surface area contributed by atoms with Crippen molar-refractivity contribution in [3.05, 3.63) is 29.6 Å². The summed E-state index contributed by atoms with van der Waals surface area (Å²) in [5, 5.41) is 8.98. The molecular weight excluding hydrogens is 244 g/mol. The standard InChI is InChI=1S/C18H28N2/c1-3-5-7-8-9-11-16(10-6-4-2)17-12-13-20-18(14-17)15-19/h12-14,16H,3-11H2,1-2H3. The zero-order valence-corrected chi connectivity index (χ0v) is 13.1. The normalized spacial score (nSPS) is 12.1. The fourth-order valence-electron chi connectivity index (χ4n) is 2.68. The fourth-order valence-corrected chi connectivity index (χ4v) is 2.68. The number of rotatable bonds is 10. The van der Waals surface area contributed by atoms with Crippen molar-refractivity contribution in [1.82, 2.24) is 4.98 Å². The molecule has 0 amide bonds. The van der Waals surface area contributed by atoms with Crippen LogP contribution in [0.2, 0.25) is 0 Å². The van der Waals surface area contributed by atoms with Crippen molar-refractivity contribution in [2.24, 2.45) is 0 Å². The van der Waals surface area contributed by atoms with Crippen molar-refractivity contribution in [2.75, 3.05) is 0 Å². The third kappa shape index (κ3) is 6.19. The molecule has 1 aromatic heterocycles. The molecule has 0 radical (unpaired) electrons. The molecular formula is C18H28N2. The lowest BCUT2D eigenvalue weighted by atomic mass is 9.89. The SMILES string of the molecule is CCCCCCCC(CCCC)c1ccnc(C#N)c1. The van der Waals surface area contributed by atoms with Gasteiger partial charge in [0.2, 0.25) is 0 Å². The molecule has 0 spiro atoms. The maximum absolute atomic E-state index is 8.98. The zero-order chi connectivity index (χ0) is 14.6. The van der Waals surface area contributed by atoms with Crippen LogP contribution < -0.4 is 0 Å². The van der Waals surface area contributed by atoms with Gasteiger partial charge in [-0.15, -0.1) is 0 Å². The van der Waals surface area contributed by atoms with E-state index in [0.717, 1.165) is 0 Å². The Balaban J connectivity index is 2.56. The van der Waals surface area contributed by atoms with Crippen molar-refractivity contribution < 1.29 is 0 Å². The second kappa shape index (κ2) is 10.4. The maximum atomic E-state index is 8.98. The molecule has 0 aliphatic rings. The Bertz CT molecular complexity index is 406. The van der Waals surface area contributed by atoms with Crippen LogP contribution in [0.25, 0.3) is 0 Å². The van der Waals surface area contributed by atoms with Crippen LogP contribution >= 0.6 is 0 Å². The summed E-state index contributed by atoms with van der Waals surface area (Å²) in [5.74, 6) is 0.603. The molecule has 0 bridgehead atoms. The minimum absolute atomic E-state index is 0.551. The average molecular weight is 272 g/mol. The van der Waals surface area contributed by atoms with Crippen molar-refractivity contribution in [2.45, 2.75) is 77.6 Å². The lowest BCUT2D eigenvalue weighted by molar-refractivity contribution is 0.504. The van der Waals surface area contributed by atoms with E-state index in [0.29, 0.717) is 11.6 Å². The molecule has 20 heavy (non-hydrogen) atoms. The van der Waals surface area contributed by atoms with Crippen molar-refractivity contribution in [3.8, 4) is 6.07 Å². The lowest BCUT2D eigenvalue weighted by Gasteiger charge is -2.17. The summed E-state index contributed by atoms with van der Waals surface area (Å²) in [5.41, 5.74) is 1.86. The van der Waals surface area contributed by atoms with Crippen LogP contribution in [0.1, 0.15) is 88.8 Å². The average Bonchev–Trinajstić information content (AvgIpc) is 2.50. The van der Waals surface area contributed by atoms with Crippen LogP contribution in [-0.4, -0.2) is 4.98 Å². The molecule has 1 heterocycles. The second-order valence-electron chi connectivity index (χ2n) is 5.63. The summed E-state index contributed by atoms with van der Waals surface area (Å²) in [6.45, 7) is 4.50. The van der Waals surface area contributed by atoms with Gasteiger partial charge in [0, 0.05) is 6.20 Å². The van der Waals surface area contributed by atoms with E-state index in [-0.39, 0.29) is 0 Å². The third-order valence-corrected chi connectivity index (χ3v) is 3.93. The van der Waals surface area contributed by atoms with Crippen molar-refractivity contribution in [3.63, 3.8) is 0 Å². The van der Waals surface area contributed by atoms with Gasteiger partial charge in [-0.3, -0.25) is 0 Å². The summed E-state index contributed by atoms with van der Waals surface area (Å²) in [6, 6.07) is 6.22. The van der Waals surface area contributed by atoms with Crippen LogP contribution in [0, 0.1) is 11.3 Å². The first-order chi connectivity index (χ1) is 9.81. The molecule has 0 aliphatic heterocycles. The molecule has 1 unspecified atom stereocenters. The number of unbranched alkanes of at least 4 members (excludes halogenated alkanes) is 5. The first-order valence-electron chi connectivity index (χ1n) is 8.17. The van der Waals surface area contributed by atoms with E-state index < -0.39 is 0 Å². The highest BCUT2D eigenvalue weighted by atomic mass is 14.7. The van der Waals surface area contributed by atoms with Crippen molar-refractivity contribution in [1.29, 1.82) is 5.26 Å². The zero-order valence-electron chi connectivity index (χ0n) is 13.1. The maximum Gasteiger partial charge on any atom is 0.140 e. The van der Waals surface area contributed by atoms with E-state index in [2.05, 4.69) is 31.0 Å². The number of aromatic nitrogens is 1. The highest BCUT2D eigenvalue weighted by Crippen LogP contribution is 2.28. The molecule has 1 aromatic rings. The summed E-state index contributed by atoms with van der Waals surface area (Å²) in [7, 11) is 0. The molecule has 0 aromatic carbocycles. The number of nitriles is 1. The highest BCUT2D eigenvalue weighted by molar-refractivity contribution is 5.27. The molecule has 0 fully saturated rings. The van der Waals surface area contributed by atoms with Crippen LogP contribution in [0.15, 0.2) is 18.3 Å². The molecule has 0 N–H and O–H groups in total. The molecule has 1 atom stereocenters. The van der Waals surface area contributed by atoms with Gasteiger partial charge in [0.05, 0.1) is 0 Å². The van der Waals surface area contributed by atoms with E-state index in [1.165, 1.54) is 63.4 Å². The Kier molecular flexibility index (Phi) is 8.71. The monoisotopic (exact) mass is 272 g/mol. The van der Waals surface area contributed by atoms with E-state index in [9.17, 15) is 0 Å². The molecule has 110 valence electrons.